The first-order valence-corrected chi connectivity index (χ1v) is 6.95. The minimum atomic E-state index is 0.687. The Morgan fingerprint density at radius 3 is 2.29 bits per heavy atom. The predicted octanol–water partition coefficient (Wildman–Crippen LogP) is 4.03. The summed E-state index contributed by atoms with van der Waals surface area (Å²) in [6, 6.07) is 11.5. The van der Waals surface area contributed by atoms with Crippen LogP contribution in [0.5, 0.6) is 0 Å². The maximum Gasteiger partial charge on any atom is 0.00870 e. The van der Waals surface area contributed by atoms with Gasteiger partial charge in [-0.2, -0.15) is 0 Å². The molecule has 0 aliphatic heterocycles. The molecule has 0 aliphatic rings. The molecule has 0 fully saturated rings. The number of aryl methyl sites for hydroxylation is 1. The summed E-state index contributed by atoms with van der Waals surface area (Å²) in [6.45, 7) is 4.59. The highest BCUT2D eigenvalue weighted by atomic mass is 14.9. The van der Waals surface area contributed by atoms with Gasteiger partial charge >= 0.3 is 0 Å². The summed E-state index contributed by atoms with van der Waals surface area (Å²) in [5.41, 5.74) is 1.47. The fourth-order valence-corrected chi connectivity index (χ4v) is 2.33. The van der Waals surface area contributed by atoms with Gasteiger partial charge in [0.05, 0.1) is 0 Å². The number of nitrogens with one attached hydrogen (secondary N) is 1. The van der Waals surface area contributed by atoms with Crippen LogP contribution in [0.3, 0.4) is 0 Å². The predicted molar refractivity (Wildman–Crippen MR) is 76.3 cm³/mol. The molecule has 1 unspecified atom stereocenters. The van der Waals surface area contributed by atoms with Gasteiger partial charge in [-0.3, -0.25) is 0 Å². The minimum Gasteiger partial charge on any atom is -0.317 e. The molecule has 0 radical (unpaired) electrons. The Labute approximate surface area is 107 Å². The average Bonchev–Trinajstić information content (AvgIpc) is 2.34. The Morgan fingerprint density at radius 2 is 1.71 bits per heavy atom. The summed E-state index contributed by atoms with van der Waals surface area (Å²) < 4.78 is 0. The zero-order valence-corrected chi connectivity index (χ0v) is 11.6. The Morgan fingerprint density at radius 1 is 1.00 bits per heavy atom. The van der Waals surface area contributed by atoms with Crippen LogP contribution in [0, 0.1) is 5.92 Å². The fraction of sp³-hybridized carbons (Fsp3) is 0.625. The van der Waals surface area contributed by atoms with Crippen molar-refractivity contribution in [2.45, 2.75) is 52.0 Å². The van der Waals surface area contributed by atoms with Gasteiger partial charge in [-0.05, 0) is 37.8 Å². The molecule has 1 N–H and O–H groups in total. The lowest BCUT2D eigenvalue weighted by Gasteiger charge is -2.19. The Balaban J connectivity index is 2.08. The van der Waals surface area contributed by atoms with E-state index >= 15 is 0 Å². The summed E-state index contributed by atoms with van der Waals surface area (Å²) in [5.74, 6) is 0.745. The van der Waals surface area contributed by atoms with E-state index in [0.717, 1.165) is 5.92 Å². The van der Waals surface area contributed by atoms with Crippen LogP contribution in [-0.4, -0.2) is 13.1 Å². The molecule has 96 valence electrons. The van der Waals surface area contributed by atoms with Crippen LogP contribution in [0.4, 0.5) is 0 Å². The molecular formula is C16H27N. The molecule has 0 saturated carbocycles. The van der Waals surface area contributed by atoms with E-state index in [2.05, 4.69) is 56.5 Å². The molecule has 17 heavy (non-hydrogen) atoms. The molecule has 0 saturated heterocycles. The lowest BCUT2D eigenvalue weighted by atomic mass is 9.97. The highest BCUT2D eigenvalue weighted by Crippen LogP contribution is 2.12. The highest BCUT2D eigenvalue weighted by molar-refractivity contribution is 5.14. The molecule has 0 bridgehead atoms. The van der Waals surface area contributed by atoms with Gasteiger partial charge in [0.25, 0.3) is 0 Å². The maximum atomic E-state index is 3.41. The Kier molecular flexibility index (Phi) is 6.95. The van der Waals surface area contributed by atoms with Crippen molar-refractivity contribution in [3.63, 3.8) is 0 Å². The molecule has 0 heterocycles. The van der Waals surface area contributed by atoms with Crippen molar-refractivity contribution in [1.82, 2.24) is 5.32 Å². The lowest BCUT2D eigenvalue weighted by Crippen LogP contribution is -2.30. The summed E-state index contributed by atoms with van der Waals surface area (Å²) in [7, 11) is 2.08. The highest BCUT2D eigenvalue weighted by Gasteiger charge is 2.09. The monoisotopic (exact) mass is 233 g/mol. The smallest absolute Gasteiger partial charge is 0.00870 e. The van der Waals surface area contributed by atoms with Crippen molar-refractivity contribution in [3.05, 3.63) is 35.9 Å². The van der Waals surface area contributed by atoms with E-state index in [1.165, 1.54) is 37.7 Å². The number of unbranched alkanes of at least 4 members (excludes halogenated alkanes) is 2. The summed E-state index contributed by atoms with van der Waals surface area (Å²) in [5, 5.41) is 3.41. The number of hydrogen-bond donors (Lipinski definition) is 1. The largest absolute Gasteiger partial charge is 0.317 e. The van der Waals surface area contributed by atoms with Gasteiger partial charge in [-0.1, -0.05) is 57.0 Å². The molecule has 1 aromatic carbocycles. The van der Waals surface area contributed by atoms with Crippen LogP contribution in [-0.2, 0) is 6.42 Å². The van der Waals surface area contributed by atoms with Crippen LogP contribution in [0.2, 0.25) is 0 Å². The quantitative estimate of drug-likeness (QED) is 0.668. The van der Waals surface area contributed by atoms with Gasteiger partial charge in [-0.15, -0.1) is 0 Å². The molecule has 0 amide bonds. The van der Waals surface area contributed by atoms with E-state index in [4.69, 9.17) is 0 Å². The fourth-order valence-electron chi connectivity index (χ4n) is 2.33. The van der Waals surface area contributed by atoms with E-state index in [-0.39, 0.29) is 0 Å². The van der Waals surface area contributed by atoms with Crippen molar-refractivity contribution in [2.75, 3.05) is 7.05 Å². The van der Waals surface area contributed by atoms with Crippen LogP contribution in [0.1, 0.15) is 45.1 Å². The van der Waals surface area contributed by atoms with Crippen LogP contribution in [0.25, 0.3) is 0 Å². The first-order valence-electron chi connectivity index (χ1n) is 6.95. The van der Waals surface area contributed by atoms with E-state index in [1.54, 1.807) is 0 Å². The van der Waals surface area contributed by atoms with E-state index in [1.807, 2.05) is 0 Å². The molecule has 1 nitrogen and oxygen atoms in total. The summed E-state index contributed by atoms with van der Waals surface area (Å²) in [6.07, 6.45) is 6.55. The standard InChI is InChI=1S/C16H27N/c1-14(2)16(17-3)13-9-5-8-12-15-10-6-4-7-11-15/h4,6-7,10-11,14,16-17H,5,8-9,12-13H2,1-3H3. The number of hydrogen-bond acceptors (Lipinski definition) is 1. The van der Waals surface area contributed by atoms with Crippen molar-refractivity contribution < 1.29 is 0 Å². The maximum absolute atomic E-state index is 3.41. The minimum absolute atomic E-state index is 0.687. The van der Waals surface area contributed by atoms with Gasteiger partial charge in [0.1, 0.15) is 0 Å². The second-order valence-electron chi connectivity index (χ2n) is 5.22. The van der Waals surface area contributed by atoms with E-state index < -0.39 is 0 Å². The van der Waals surface area contributed by atoms with Crippen molar-refractivity contribution in [2.24, 2.45) is 5.92 Å². The molecule has 0 spiro atoms. The van der Waals surface area contributed by atoms with Crippen LogP contribution < -0.4 is 5.32 Å². The third-order valence-electron chi connectivity index (χ3n) is 3.50. The molecule has 1 aromatic rings. The SMILES string of the molecule is CNC(CCCCCc1ccccc1)C(C)C. The number of benzene rings is 1. The van der Waals surface area contributed by atoms with Crippen LogP contribution in [0.15, 0.2) is 30.3 Å². The molecule has 0 aromatic heterocycles. The number of rotatable bonds is 8. The third kappa shape index (κ3) is 5.88. The van der Waals surface area contributed by atoms with Gasteiger partial charge in [0, 0.05) is 6.04 Å². The van der Waals surface area contributed by atoms with Crippen LogP contribution >= 0.6 is 0 Å². The van der Waals surface area contributed by atoms with Gasteiger partial charge in [0.2, 0.25) is 0 Å². The first kappa shape index (κ1) is 14.2. The summed E-state index contributed by atoms with van der Waals surface area (Å²) in [4.78, 5) is 0. The molecule has 1 rings (SSSR count). The molecular weight excluding hydrogens is 206 g/mol. The molecule has 1 heteroatoms. The first-order chi connectivity index (χ1) is 8.24. The third-order valence-corrected chi connectivity index (χ3v) is 3.50. The van der Waals surface area contributed by atoms with E-state index in [9.17, 15) is 0 Å². The molecule has 1 atom stereocenters. The Hall–Kier alpha value is -0.820. The zero-order chi connectivity index (χ0) is 12.5. The van der Waals surface area contributed by atoms with E-state index in [0.29, 0.717) is 6.04 Å². The molecule has 0 aliphatic carbocycles. The van der Waals surface area contributed by atoms with Gasteiger partial charge in [0.15, 0.2) is 0 Å². The van der Waals surface area contributed by atoms with Crippen molar-refractivity contribution in [1.29, 1.82) is 0 Å². The van der Waals surface area contributed by atoms with Crippen molar-refractivity contribution >= 4 is 0 Å². The normalized spacial score (nSPS) is 12.9. The second-order valence-corrected chi connectivity index (χ2v) is 5.22. The zero-order valence-electron chi connectivity index (χ0n) is 11.6. The van der Waals surface area contributed by atoms with Gasteiger partial charge in [-0.25, -0.2) is 0 Å². The second kappa shape index (κ2) is 8.30. The average molecular weight is 233 g/mol. The van der Waals surface area contributed by atoms with Crippen molar-refractivity contribution in [3.8, 4) is 0 Å². The summed E-state index contributed by atoms with van der Waals surface area (Å²) >= 11 is 0. The Bertz CT molecular complexity index is 279. The topological polar surface area (TPSA) is 12.0 Å². The van der Waals surface area contributed by atoms with Gasteiger partial charge < -0.3 is 5.32 Å². The lowest BCUT2D eigenvalue weighted by molar-refractivity contribution is 0.387.